The van der Waals surface area contributed by atoms with E-state index >= 15 is 0 Å². The molecule has 0 saturated heterocycles. The maximum absolute atomic E-state index is 4.32. The number of nitrogens with one attached hydrogen (secondary N) is 1. The van der Waals surface area contributed by atoms with Gasteiger partial charge in [-0.2, -0.15) is 0 Å². The van der Waals surface area contributed by atoms with Gasteiger partial charge in [0.2, 0.25) is 5.95 Å². The molecule has 104 valence electrons. The number of aromatic nitrogens is 2. The molecule has 0 unspecified atom stereocenters. The summed E-state index contributed by atoms with van der Waals surface area (Å²) in [5.74, 6) is 0.745. The summed E-state index contributed by atoms with van der Waals surface area (Å²) < 4.78 is 0. The van der Waals surface area contributed by atoms with Crippen LogP contribution in [0.15, 0.2) is 42.7 Å². The zero-order valence-corrected chi connectivity index (χ0v) is 12.0. The van der Waals surface area contributed by atoms with E-state index in [-0.39, 0.29) is 0 Å². The predicted molar refractivity (Wildman–Crippen MR) is 81.7 cm³/mol. The van der Waals surface area contributed by atoms with Crippen molar-refractivity contribution >= 4 is 5.95 Å². The number of benzene rings is 1. The van der Waals surface area contributed by atoms with Gasteiger partial charge in [-0.05, 0) is 42.7 Å². The molecule has 1 saturated carbocycles. The van der Waals surface area contributed by atoms with Gasteiger partial charge in [-0.15, -0.1) is 0 Å². The summed E-state index contributed by atoms with van der Waals surface area (Å²) in [5, 5.41) is 3.41. The molecule has 1 aliphatic rings. The lowest BCUT2D eigenvalue weighted by atomic mass is 9.65. The van der Waals surface area contributed by atoms with Crippen molar-refractivity contribution in [2.45, 2.75) is 32.6 Å². The average Bonchev–Trinajstić information content (AvgIpc) is 2.44. The SMILES string of the molecule is Cc1cnc(NCC2(Cc3ccccc3)CCC2)nc1. The van der Waals surface area contributed by atoms with Gasteiger partial charge in [0.25, 0.3) is 0 Å². The van der Waals surface area contributed by atoms with Crippen molar-refractivity contribution in [1.29, 1.82) is 0 Å². The van der Waals surface area contributed by atoms with Gasteiger partial charge in [-0.1, -0.05) is 36.8 Å². The van der Waals surface area contributed by atoms with Crippen LogP contribution in [0.4, 0.5) is 5.95 Å². The van der Waals surface area contributed by atoms with Gasteiger partial charge in [-0.3, -0.25) is 0 Å². The molecule has 20 heavy (non-hydrogen) atoms. The normalized spacial score (nSPS) is 16.4. The Balaban J connectivity index is 1.63. The van der Waals surface area contributed by atoms with Gasteiger partial charge in [0.15, 0.2) is 0 Å². The molecule has 3 rings (SSSR count). The maximum Gasteiger partial charge on any atom is 0.222 e. The first kappa shape index (κ1) is 13.1. The van der Waals surface area contributed by atoms with Crippen LogP contribution in [0, 0.1) is 12.3 Å². The van der Waals surface area contributed by atoms with Crippen molar-refractivity contribution < 1.29 is 0 Å². The first-order chi connectivity index (χ1) is 9.76. The van der Waals surface area contributed by atoms with Gasteiger partial charge in [0.1, 0.15) is 0 Å². The van der Waals surface area contributed by atoms with Gasteiger partial charge in [0.05, 0.1) is 0 Å². The van der Waals surface area contributed by atoms with Crippen LogP contribution in [-0.2, 0) is 6.42 Å². The minimum Gasteiger partial charge on any atom is -0.354 e. The van der Waals surface area contributed by atoms with E-state index in [0.29, 0.717) is 5.41 Å². The second kappa shape index (κ2) is 5.61. The predicted octanol–water partition coefficient (Wildman–Crippen LogP) is 3.61. The lowest BCUT2D eigenvalue weighted by molar-refractivity contribution is 0.151. The third kappa shape index (κ3) is 2.98. The monoisotopic (exact) mass is 267 g/mol. The summed E-state index contributed by atoms with van der Waals surface area (Å²) in [4.78, 5) is 8.65. The fraction of sp³-hybridized carbons (Fsp3) is 0.412. The standard InChI is InChI=1S/C17H21N3/c1-14-11-18-16(19-12-14)20-13-17(8-5-9-17)10-15-6-3-2-4-7-15/h2-4,6-7,11-12H,5,8-10,13H2,1H3,(H,18,19,20). The molecule has 2 aromatic rings. The summed E-state index contributed by atoms with van der Waals surface area (Å²) in [6.07, 6.45) is 8.79. The molecular weight excluding hydrogens is 246 g/mol. The number of hydrogen-bond donors (Lipinski definition) is 1. The molecule has 1 fully saturated rings. The summed E-state index contributed by atoms with van der Waals surface area (Å²) >= 11 is 0. The second-order valence-electron chi connectivity index (χ2n) is 5.95. The first-order valence-electron chi connectivity index (χ1n) is 7.32. The number of nitrogens with zero attached hydrogens (tertiary/aromatic N) is 2. The van der Waals surface area contributed by atoms with Crippen LogP contribution < -0.4 is 5.32 Å². The van der Waals surface area contributed by atoms with E-state index in [1.54, 1.807) is 0 Å². The Hall–Kier alpha value is -1.90. The molecule has 0 radical (unpaired) electrons. The minimum absolute atomic E-state index is 0.385. The maximum atomic E-state index is 4.32. The molecular formula is C17H21N3. The number of aryl methyl sites for hydroxylation is 1. The van der Waals surface area contributed by atoms with E-state index < -0.39 is 0 Å². The quantitative estimate of drug-likeness (QED) is 0.899. The van der Waals surface area contributed by atoms with Crippen LogP contribution in [0.3, 0.4) is 0 Å². The zero-order chi connectivity index (χ0) is 13.8. The summed E-state index contributed by atoms with van der Waals surface area (Å²) in [5.41, 5.74) is 2.91. The van der Waals surface area contributed by atoms with Crippen LogP contribution in [0.5, 0.6) is 0 Å². The Morgan fingerprint density at radius 1 is 1.10 bits per heavy atom. The van der Waals surface area contributed by atoms with Crippen LogP contribution >= 0.6 is 0 Å². The lowest BCUT2D eigenvalue weighted by Gasteiger charge is -2.42. The van der Waals surface area contributed by atoms with Crippen LogP contribution in [-0.4, -0.2) is 16.5 Å². The molecule has 1 aliphatic carbocycles. The topological polar surface area (TPSA) is 37.8 Å². The Kier molecular flexibility index (Phi) is 3.68. The Bertz CT molecular complexity index is 544. The van der Waals surface area contributed by atoms with Crippen molar-refractivity contribution in [2.75, 3.05) is 11.9 Å². The molecule has 1 heterocycles. The van der Waals surface area contributed by atoms with Crippen molar-refractivity contribution in [3.05, 3.63) is 53.9 Å². The molecule has 0 bridgehead atoms. The number of rotatable bonds is 5. The van der Waals surface area contributed by atoms with Crippen molar-refractivity contribution in [1.82, 2.24) is 9.97 Å². The first-order valence-corrected chi connectivity index (χ1v) is 7.32. The van der Waals surface area contributed by atoms with Crippen molar-refractivity contribution in [3.8, 4) is 0 Å². The van der Waals surface area contributed by atoms with E-state index in [1.807, 2.05) is 19.3 Å². The van der Waals surface area contributed by atoms with Crippen LogP contribution in [0.25, 0.3) is 0 Å². The number of anilines is 1. The highest BCUT2D eigenvalue weighted by molar-refractivity contribution is 5.26. The Labute approximate surface area is 120 Å². The fourth-order valence-corrected chi connectivity index (χ4v) is 2.87. The highest BCUT2D eigenvalue weighted by Gasteiger charge is 2.36. The fourth-order valence-electron chi connectivity index (χ4n) is 2.87. The molecule has 0 atom stereocenters. The highest BCUT2D eigenvalue weighted by atomic mass is 15.1. The largest absolute Gasteiger partial charge is 0.354 e. The molecule has 1 aromatic carbocycles. The molecule has 0 amide bonds. The summed E-state index contributed by atoms with van der Waals surface area (Å²) in [7, 11) is 0. The van der Waals surface area contributed by atoms with E-state index in [1.165, 1.54) is 24.8 Å². The van der Waals surface area contributed by atoms with E-state index in [9.17, 15) is 0 Å². The van der Waals surface area contributed by atoms with Gasteiger partial charge < -0.3 is 5.32 Å². The average molecular weight is 267 g/mol. The zero-order valence-electron chi connectivity index (χ0n) is 12.0. The molecule has 0 aliphatic heterocycles. The van der Waals surface area contributed by atoms with Crippen molar-refractivity contribution in [3.63, 3.8) is 0 Å². The smallest absolute Gasteiger partial charge is 0.222 e. The molecule has 3 nitrogen and oxygen atoms in total. The molecule has 3 heteroatoms. The Morgan fingerprint density at radius 2 is 1.80 bits per heavy atom. The van der Waals surface area contributed by atoms with Gasteiger partial charge in [-0.25, -0.2) is 9.97 Å². The minimum atomic E-state index is 0.385. The summed E-state index contributed by atoms with van der Waals surface area (Å²) in [6.45, 7) is 2.97. The molecule has 1 N–H and O–H groups in total. The van der Waals surface area contributed by atoms with Crippen LogP contribution in [0.1, 0.15) is 30.4 Å². The Morgan fingerprint density at radius 3 is 2.40 bits per heavy atom. The number of hydrogen-bond acceptors (Lipinski definition) is 3. The van der Waals surface area contributed by atoms with E-state index in [0.717, 1.165) is 24.5 Å². The molecule has 0 spiro atoms. The van der Waals surface area contributed by atoms with E-state index in [4.69, 9.17) is 0 Å². The summed E-state index contributed by atoms with van der Waals surface area (Å²) in [6, 6.07) is 10.8. The lowest BCUT2D eigenvalue weighted by Crippen LogP contribution is -2.38. The highest BCUT2D eigenvalue weighted by Crippen LogP contribution is 2.43. The molecule has 1 aromatic heterocycles. The third-order valence-corrected chi connectivity index (χ3v) is 4.24. The second-order valence-corrected chi connectivity index (χ2v) is 5.95. The van der Waals surface area contributed by atoms with Gasteiger partial charge in [0, 0.05) is 18.9 Å². The van der Waals surface area contributed by atoms with Gasteiger partial charge >= 0.3 is 0 Å². The van der Waals surface area contributed by atoms with E-state index in [2.05, 4.69) is 45.6 Å². The van der Waals surface area contributed by atoms with Crippen molar-refractivity contribution in [2.24, 2.45) is 5.41 Å². The van der Waals surface area contributed by atoms with Crippen LogP contribution in [0.2, 0.25) is 0 Å². The third-order valence-electron chi connectivity index (χ3n) is 4.24.